The van der Waals surface area contributed by atoms with Crippen LogP contribution in [0.1, 0.15) is 32.6 Å². The van der Waals surface area contributed by atoms with Gasteiger partial charge in [0.2, 0.25) is 0 Å². The molecule has 0 atom stereocenters. The van der Waals surface area contributed by atoms with Crippen LogP contribution in [0.3, 0.4) is 0 Å². The van der Waals surface area contributed by atoms with Gasteiger partial charge in [-0.15, -0.1) is 0 Å². The first-order chi connectivity index (χ1) is 6.20. The molecule has 13 heavy (non-hydrogen) atoms. The lowest BCUT2D eigenvalue weighted by atomic mass is 9.91. The van der Waals surface area contributed by atoms with E-state index in [0.717, 1.165) is 38.9 Å². The smallest absolute Gasteiger partial charge is 0.0897 e. The molecule has 0 spiro atoms. The van der Waals surface area contributed by atoms with E-state index in [1.54, 1.807) is 0 Å². The highest BCUT2D eigenvalue weighted by Gasteiger charge is 2.38. The van der Waals surface area contributed by atoms with Gasteiger partial charge in [-0.25, -0.2) is 0 Å². The van der Waals surface area contributed by atoms with Gasteiger partial charge in [-0.3, -0.25) is 4.90 Å². The summed E-state index contributed by atoms with van der Waals surface area (Å²) in [5.41, 5.74) is -0.408. The molecule has 1 N–H and O–H groups in total. The van der Waals surface area contributed by atoms with Gasteiger partial charge in [0.25, 0.3) is 0 Å². The molecule has 3 nitrogen and oxygen atoms in total. The van der Waals surface area contributed by atoms with Crippen LogP contribution >= 0.6 is 0 Å². The van der Waals surface area contributed by atoms with E-state index in [1.165, 1.54) is 0 Å². The second kappa shape index (κ2) is 4.59. The van der Waals surface area contributed by atoms with E-state index < -0.39 is 5.60 Å². The fourth-order valence-corrected chi connectivity index (χ4v) is 1.71. The highest BCUT2D eigenvalue weighted by atomic mass is 16.3. The Balaban J connectivity index is 1.99. The summed E-state index contributed by atoms with van der Waals surface area (Å²) in [4.78, 5) is 2.25. The van der Waals surface area contributed by atoms with E-state index in [9.17, 15) is 5.11 Å². The van der Waals surface area contributed by atoms with Crippen molar-refractivity contribution in [1.82, 2.24) is 4.90 Å². The van der Waals surface area contributed by atoms with E-state index in [0.29, 0.717) is 6.42 Å². The van der Waals surface area contributed by atoms with Crippen LogP contribution in [0.15, 0.2) is 0 Å². The molecule has 1 aliphatic heterocycles. The van der Waals surface area contributed by atoms with E-state index >= 15 is 0 Å². The van der Waals surface area contributed by atoms with Gasteiger partial charge in [-0.05, 0) is 25.8 Å². The Kier molecular flexibility index (Phi) is 3.71. The molecule has 1 rings (SSSR count). The van der Waals surface area contributed by atoms with Crippen molar-refractivity contribution in [2.45, 2.75) is 38.2 Å². The van der Waals surface area contributed by atoms with Crippen LogP contribution in [0.25, 0.3) is 0 Å². The van der Waals surface area contributed by atoms with Crippen LogP contribution in [-0.2, 0) is 0 Å². The van der Waals surface area contributed by atoms with Crippen molar-refractivity contribution in [1.29, 1.82) is 5.26 Å². The Morgan fingerprint density at radius 3 is 2.69 bits per heavy atom. The van der Waals surface area contributed by atoms with E-state index in [1.807, 2.05) is 6.92 Å². The van der Waals surface area contributed by atoms with Gasteiger partial charge in [0.1, 0.15) is 0 Å². The van der Waals surface area contributed by atoms with Gasteiger partial charge in [0, 0.05) is 19.5 Å². The molecule has 0 bridgehead atoms. The van der Waals surface area contributed by atoms with Crippen molar-refractivity contribution in [3.8, 4) is 6.07 Å². The third-order valence-corrected chi connectivity index (χ3v) is 2.71. The van der Waals surface area contributed by atoms with Crippen LogP contribution < -0.4 is 0 Å². The molecular weight excluding hydrogens is 164 g/mol. The molecule has 0 unspecified atom stereocenters. The molecule has 1 aliphatic rings. The topological polar surface area (TPSA) is 47.3 Å². The molecule has 1 fully saturated rings. The molecule has 0 aromatic heterocycles. The maximum Gasteiger partial charge on any atom is 0.0897 e. The molecule has 0 aromatic rings. The second-order valence-corrected chi connectivity index (χ2v) is 3.90. The van der Waals surface area contributed by atoms with Crippen LogP contribution in [-0.4, -0.2) is 35.2 Å². The first-order valence-corrected chi connectivity index (χ1v) is 5.02. The normalized spacial score (nSPS) is 20.7. The first-order valence-electron chi connectivity index (χ1n) is 5.02. The standard InChI is InChI=1S/C10H18N2O/c1-2-10(13)8-12(9-10)7-5-3-4-6-11/h13H,2-5,7-9H2,1H3. The van der Waals surface area contributed by atoms with Crippen molar-refractivity contribution in [2.75, 3.05) is 19.6 Å². The number of hydrogen-bond donors (Lipinski definition) is 1. The molecule has 1 heterocycles. The number of hydrogen-bond acceptors (Lipinski definition) is 3. The molecule has 0 saturated carbocycles. The summed E-state index contributed by atoms with van der Waals surface area (Å²) in [6.07, 6.45) is 3.57. The third kappa shape index (κ3) is 2.98. The molecule has 0 aromatic carbocycles. The Hall–Kier alpha value is -0.590. The fourth-order valence-electron chi connectivity index (χ4n) is 1.71. The van der Waals surface area contributed by atoms with Crippen LogP contribution in [0.2, 0.25) is 0 Å². The van der Waals surface area contributed by atoms with Gasteiger partial charge >= 0.3 is 0 Å². The van der Waals surface area contributed by atoms with Gasteiger partial charge in [0.05, 0.1) is 11.7 Å². The number of likely N-dealkylation sites (tertiary alicyclic amines) is 1. The molecule has 3 heteroatoms. The minimum Gasteiger partial charge on any atom is -0.387 e. The Morgan fingerprint density at radius 2 is 2.15 bits per heavy atom. The molecule has 0 radical (unpaired) electrons. The highest BCUT2D eigenvalue weighted by Crippen LogP contribution is 2.23. The average Bonchev–Trinajstić information content (AvgIpc) is 2.08. The predicted molar refractivity (Wildman–Crippen MR) is 51.1 cm³/mol. The number of unbranched alkanes of at least 4 members (excludes halogenated alkanes) is 2. The molecule has 1 saturated heterocycles. The average molecular weight is 182 g/mol. The zero-order chi connectivity index (χ0) is 9.73. The monoisotopic (exact) mass is 182 g/mol. The summed E-state index contributed by atoms with van der Waals surface area (Å²) in [6.45, 7) is 4.68. The number of nitrogens with zero attached hydrogens (tertiary/aromatic N) is 2. The number of rotatable bonds is 5. The SMILES string of the molecule is CCC1(O)CN(CCCCC#N)C1. The Labute approximate surface area is 80.0 Å². The Morgan fingerprint density at radius 1 is 1.46 bits per heavy atom. The zero-order valence-corrected chi connectivity index (χ0v) is 8.29. The summed E-state index contributed by atoms with van der Waals surface area (Å²) in [6, 6.07) is 2.14. The minimum absolute atomic E-state index is 0.408. The van der Waals surface area contributed by atoms with Crippen LogP contribution in [0, 0.1) is 11.3 Å². The van der Waals surface area contributed by atoms with Crippen molar-refractivity contribution >= 4 is 0 Å². The molecular formula is C10H18N2O. The largest absolute Gasteiger partial charge is 0.387 e. The van der Waals surface area contributed by atoms with Crippen molar-refractivity contribution in [2.24, 2.45) is 0 Å². The van der Waals surface area contributed by atoms with E-state index in [4.69, 9.17) is 5.26 Å². The summed E-state index contributed by atoms with van der Waals surface area (Å²) < 4.78 is 0. The van der Waals surface area contributed by atoms with E-state index in [2.05, 4.69) is 11.0 Å². The lowest BCUT2D eigenvalue weighted by molar-refractivity contribution is -0.0994. The van der Waals surface area contributed by atoms with Crippen LogP contribution in [0.5, 0.6) is 0 Å². The minimum atomic E-state index is -0.408. The number of β-amino-alcohol motifs (C(OH)–C–C–N with tert-alkyl or cyclic N) is 1. The lowest BCUT2D eigenvalue weighted by Crippen LogP contribution is -2.61. The van der Waals surface area contributed by atoms with Crippen molar-refractivity contribution < 1.29 is 5.11 Å². The number of aliphatic hydroxyl groups is 1. The van der Waals surface area contributed by atoms with Crippen LogP contribution in [0.4, 0.5) is 0 Å². The van der Waals surface area contributed by atoms with Crippen molar-refractivity contribution in [3.63, 3.8) is 0 Å². The van der Waals surface area contributed by atoms with Gasteiger partial charge in [-0.2, -0.15) is 5.26 Å². The first kappa shape index (κ1) is 10.5. The third-order valence-electron chi connectivity index (χ3n) is 2.71. The summed E-state index contributed by atoms with van der Waals surface area (Å²) >= 11 is 0. The second-order valence-electron chi connectivity index (χ2n) is 3.90. The van der Waals surface area contributed by atoms with Gasteiger partial charge in [0.15, 0.2) is 0 Å². The van der Waals surface area contributed by atoms with Crippen molar-refractivity contribution in [3.05, 3.63) is 0 Å². The maximum absolute atomic E-state index is 9.70. The Bertz CT molecular complexity index is 192. The van der Waals surface area contributed by atoms with E-state index in [-0.39, 0.29) is 0 Å². The van der Waals surface area contributed by atoms with Gasteiger partial charge in [-0.1, -0.05) is 6.92 Å². The quantitative estimate of drug-likeness (QED) is 0.648. The predicted octanol–water partition coefficient (Wildman–Crippen LogP) is 1.14. The molecule has 74 valence electrons. The zero-order valence-electron chi connectivity index (χ0n) is 8.29. The fraction of sp³-hybridized carbons (Fsp3) is 0.900. The molecule has 0 amide bonds. The molecule has 0 aliphatic carbocycles. The van der Waals surface area contributed by atoms with Gasteiger partial charge < -0.3 is 5.11 Å². The highest BCUT2D eigenvalue weighted by molar-refractivity contribution is 4.93. The summed E-state index contributed by atoms with van der Waals surface area (Å²) in [7, 11) is 0. The summed E-state index contributed by atoms with van der Waals surface area (Å²) in [5.74, 6) is 0. The number of nitriles is 1. The lowest BCUT2D eigenvalue weighted by Gasteiger charge is -2.46. The maximum atomic E-state index is 9.70. The summed E-state index contributed by atoms with van der Waals surface area (Å²) in [5, 5.41) is 18.0.